The van der Waals surface area contributed by atoms with Gasteiger partial charge >= 0.3 is 6.09 Å². The molecule has 236 valence electrons. The summed E-state index contributed by atoms with van der Waals surface area (Å²) in [7, 11) is 0. The van der Waals surface area contributed by atoms with Crippen molar-refractivity contribution in [2.24, 2.45) is 17.3 Å². The van der Waals surface area contributed by atoms with E-state index in [2.05, 4.69) is 41.1 Å². The smallest absolute Gasteiger partial charge is 0.407 e. The van der Waals surface area contributed by atoms with E-state index >= 15 is 0 Å². The maximum absolute atomic E-state index is 13.4. The highest BCUT2D eigenvalue weighted by molar-refractivity contribution is 7.99. The largest absolute Gasteiger partial charge is 0.445 e. The summed E-state index contributed by atoms with van der Waals surface area (Å²) < 4.78 is 5.91. The molecule has 0 radical (unpaired) electrons. The number of nitrogens with one attached hydrogen (secondary N) is 2. The molecule has 5 atom stereocenters. The van der Waals surface area contributed by atoms with Gasteiger partial charge in [-0.2, -0.15) is 0 Å². The fourth-order valence-corrected chi connectivity index (χ4v) is 7.70. The topological polar surface area (TPSA) is 87.7 Å². The summed E-state index contributed by atoms with van der Waals surface area (Å²) in [6, 6.07) is 23.5. The van der Waals surface area contributed by atoms with Crippen molar-refractivity contribution in [3.05, 3.63) is 78.4 Å². The number of carbonyl (C=O) groups is 2. The lowest BCUT2D eigenvalue weighted by molar-refractivity contribution is -0.972. The van der Waals surface area contributed by atoms with Gasteiger partial charge in [-0.3, -0.25) is 4.79 Å². The fraction of sp³-hybridized carbons (Fsp3) is 0.500. The second-order valence-corrected chi connectivity index (χ2v) is 14.8. The molecule has 3 aromatic carbocycles. The molecule has 1 aliphatic carbocycles. The zero-order chi connectivity index (χ0) is 31.2. The molecule has 0 spiro atoms. The van der Waals surface area contributed by atoms with Crippen LogP contribution >= 0.6 is 11.8 Å². The quantitative estimate of drug-likeness (QED) is 0.174. The number of rotatable bonds is 10. The summed E-state index contributed by atoms with van der Waals surface area (Å²) in [5, 5.41) is 17.2. The maximum atomic E-state index is 13.4. The zero-order valence-corrected chi connectivity index (χ0v) is 27.2. The lowest BCUT2D eigenvalue weighted by Gasteiger charge is -2.49. The molecule has 0 bridgehead atoms. The van der Waals surface area contributed by atoms with Crippen molar-refractivity contribution in [1.29, 1.82) is 0 Å². The molecule has 0 aromatic heterocycles. The van der Waals surface area contributed by atoms with Gasteiger partial charge in [-0.25, -0.2) is 14.8 Å². The Morgan fingerprint density at radius 1 is 0.955 bits per heavy atom. The first kappa shape index (κ1) is 32.3. The normalized spacial score (nSPS) is 23.3. The Labute approximate surface area is 266 Å². The van der Waals surface area contributed by atoms with Crippen molar-refractivity contribution in [2.75, 3.05) is 25.4 Å². The summed E-state index contributed by atoms with van der Waals surface area (Å²) in [5.74, 6) is 1.65. The van der Waals surface area contributed by atoms with Gasteiger partial charge in [0.2, 0.25) is 0 Å². The number of carbonyl (C=O) groups excluding carboxylic acids is 2. The molecular formula is C36H48N3O4S+. The number of hydrogen-bond acceptors (Lipinski definition) is 5. The minimum atomic E-state index is -0.896. The van der Waals surface area contributed by atoms with Crippen LogP contribution in [0.4, 0.5) is 4.79 Å². The molecule has 7 nitrogen and oxygen atoms in total. The fourth-order valence-electron chi connectivity index (χ4n) is 6.65. The number of nitrogens with zero attached hydrogens (tertiary/aromatic N) is 1. The first-order valence-electron chi connectivity index (χ1n) is 16.1. The van der Waals surface area contributed by atoms with Gasteiger partial charge in [-0.1, -0.05) is 94.3 Å². The third-order valence-corrected chi connectivity index (χ3v) is 10.4. The number of aliphatic hydroxyl groups excluding tert-OH is 1. The molecule has 8 heteroatoms. The van der Waals surface area contributed by atoms with Crippen molar-refractivity contribution in [3.63, 3.8) is 0 Å². The van der Waals surface area contributed by atoms with E-state index in [1.165, 1.54) is 24.6 Å². The molecule has 2 fully saturated rings. The summed E-state index contributed by atoms with van der Waals surface area (Å²) >= 11 is 1.60. The Morgan fingerprint density at radius 2 is 1.66 bits per heavy atom. The number of amides is 2. The number of piperidine rings is 1. The molecule has 1 saturated heterocycles. The molecule has 1 saturated carbocycles. The number of hydrogen-bond donors (Lipinski definition) is 3. The second kappa shape index (κ2) is 14.4. The Morgan fingerprint density at radius 3 is 2.41 bits per heavy atom. The van der Waals surface area contributed by atoms with E-state index in [1.54, 1.807) is 11.8 Å². The lowest BCUT2D eigenvalue weighted by Crippen LogP contribution is -2.70. The van der Waals surface area contributed by atoms with E-state index in [1.807, 2.05) is 63.2 Å². The highest BCUT2D eigenvalue weighted by Gasteiger charge is 2.46. The van der Waals surface area contributed by atoms with Gasteiger partial charge in [0.1, 0.15) is 32.3 Å². The van der Waals surface area contributed by atoms with E-state index in [4.69, 9.17) is 4.74 Å². The van der Waals surface area contributed by atoms with Crippen LogP contribution in [0.3, 0.4) is 0 Å². The maximum Gasteiger partial charge on any atom is 0.407 e. The Hall–Kier alpha value is -3.07. The van der Waals surface area contributed by atoms with Crippen molar-refractivity contribution in [3.8, 4) is 0 Å². The number of likely N-dealkylation sites (tertiary alicyclic amines) is 1. The van der Waals surface area contributed by atoms with Gasteiger partial charge in [0.25, 0.3) is 5.91 Å². The Kier molecular flexibility index (Phi) is 10.5. The van der Waals surface area contributed by atoms with Crippen LogP contribution in [0.25, 0.3) is 10.8 Å². The average Bonchev–Trinajstić information content (AvgIpc) is 3.01. The van der Waals surface area contributed by atoms with Gasteiger partial charge in [-0.15, -0.1) is 11.8 Å². The molecule has 3 unspecified atom stereocenters. The number of aliphatic hydroxyl groups is 1. The third-order valence-electron chi connectivity index (χ3n) is 9.27. The first-order valence-corrected chi connectivity index (χ1v) is 17.0. The molecule has 3 aromatic rings. The molecule has 2 amide bonds. The first-order chi connectivity index (χ1) is 21.1. The minimum absolute atomic E-state index is 0.0173. The van der Waals surface area contributed by atoms with Gasteiger partial charge in [-0.05, 0) is 47.2 Å². The summed E-state index contributed by atoms with van der Waals surface area (Å²) in [6.07, 6.45) is 4.49. The predicted octanol–water partition coefficient (Wildman–Crippen LogP) is 6.69. The zero-order valence-electron chi connectivity index (χ0n) is 26.3. The van der Waals surface area contributed by atoms with Gasteiger partial charge in [0.05, 0.1) is 6.04 Å². The highest BCUT2D eigenvalue weighted by Crippen LogP contribution is 2.39. The van der Waals surface area contributed by atoms with Crippen LogP contribution in [0.15, 0.2) is 77.7 Å². The van der Waals surface area contributed by atoms with Crippen LogP contribution in [-0.4, -0.2) is 59.2 Å². The van der Waals surface area contributed by atoms with Crippen molar-refractivity contribution in [2.45, 2.75) is 76.5 Å². The third kappa shape index (κ3) is 8.55. The predicted molar refractivity (Wildman–Crippen MR) is 177 cm³/mol. The average molecular weight is 619 g/mol. The number of fused-ring (bicyclic) bond motifs is 2. The van der Waals surface area contributed by atoms with Crippen LogP contribution in [0.1, 0.15) is 58.4 Å². The van der Waals surface area contributed by atoms with E-state index < -0.39 is 23.7 Å². The molecule has 44 heavy (non-hydrogen) atoms. The minimum Gasteiger partial charge on any atom is -0.445 e. The number of ether oxygens (including phenoxy) is 1. The highest BCUT2D eigenvalue weighted by atomic mass is 32.2. The van der Waals surface area contributed by atoms with Gasteiger partial charge in [0, 0.05) is 28.4 Å². The van der Waals surface area contributed by atoms with Crippen molar-refractivity contribution >= 4 is 34.5 Å². The molecule has 2 aliphatic rings. The van der Waals surface area contributed by atoms with Crippen LogP contribution in [-0.2, 0) is 16.1 Å². The SMILES string of the molecule is CC(C)(C)C(=O)N[N+]1(C[C@H](O)[C@@H](CSc2ccc3ccccc3c2)NC(=O)OCc2ccccc2)CCC2CCCCC2C1. The van der Waals surface area contributed by atoms with Gasteiger partial charge < -0.3 is 15.2 Å². The van der Waals surface area contributed by atoms with E-state index in [0.717, 1.165) is 41.8 Å². The standard InChI is InChI=1S/C36H47N3O4S/c1-36(2,3)34(41)38-39(20-19-28-14-8-10-16-30(28)22-39)23-33(40)32(37-35(42)43-24-26-11-5-4-6-12-26)25-44-31-18-17-27-13-7-9-15-29(27)21-31/h4-7,9,11-13,15,17-18,21,28,30,32-33,40H,8,10,14,16,19-20,22-25H2,1-3H3,(H-,37,38,41,42)/p+1/t28?,30?,32-,33+,39?/m1/s1. The molecule has 1 aliphatic heterocycles. The lowest BCUT2D eigenvalue weighted by atomic mass is 9.74. The molecular weight excluding hydrogens is 570 g/mol. The Bertz CT molecular complexity index is 1410. The number of quaternary nitrogens is 1. The second-order valence-electron chi connectivity index (χ2n) is 13.7. The number of benzene rings is 3. The van der Waals surface area contributed by atoms with Crippen LogP contribution in [0.5, 0.6) is 0 Å². The molecule has 3 N–H and O–H groups in total. The van der Waals surface area contributed by atoms with Gasteiger partial charge in [0.15, 0.2) is 0 Å². The molecule has 5 rings (SSSR count). The number of alkyl carbamates (subject to hydrolysis) is 1. The van der Waals surface area contributed by atoms with Crippen molar-refractivity contribution < 1.29 is 24.0 Å². The van der Waals surface area contributed by atoms with Crippen molar-refractivity contribution in [1.82, 2.24) is 10.7 Å². The van der Waals surface area contributed by atoms with E-state index in [9.17, 15) is 14.7 Å². The molecule has 1 heterocycles. The summed E-state index contributed by atoms with van der Waals surface area (Å²) in [4.78, 5) is 27.5. The Balaban J connectivity index is 1.34. The summed E-state index contributed by atoms with van der Waals surface area (Å²) in [5.41, 5.74) is 3.72. The number of thioether (sulfide) groups is 1. The monoisotopic (exact) mass is 618 g/mol. The summed E-state index contributed by atoms with van der Waals surface area (Å²) in [6.45, 7) is 7.85. The van der Waals surface area contributed by atoms with E-state index in [-0.39, 0.29) is 12.5 Å². The van der Waals surface area contributed by atoms with Crippen LogP contribution in [0, 0.1) is 17.3 Å². The van der Waals surface area contributed by atoms with E-state index in [0.29, 0.717) is 28.7 Å². The van der Waals surface area contributed by atoms with Crippen LogP contribution < -0.4 is 10.7 Å². The van der Waals surface area contributed by atoms with Crippen LogP contribution in [0.2, 0.25) is 0 Å².